The highest BCUT2D eigenvalue weighted by molar-refractivity contribution is 7.18. The van der Waals surface area contributed by atoms with Gasteiger partial charge in [0.2, 0.25) is 5.91 Å². The highest BCUT2D eigenvalue weighted by Crippen LogP contribution is 2.23. The minimum absolute atomic E-state index is 0.155. The van der Waals surface area contributed by atoms with E-state index in [1.165, 1.54) is 15.5 Å². The van der Waals surface area contributed by atoms with Crippen LogP contribution in [0, 0.1) is 0 Å². The Labute approximate surface area is 125 Å². The van der Waals surface area contributed by atoms with E-state index in [2.05, 4.69) is 11.9 Å². The Kier molecular flexibility index (Phi) is 3.47. The van der Waals surface area contributed by atoms with E-state index < -0.39 is 5.91 Å². The molecule has 0 aliphatic carbocycles. The minimum Gasteiger partial charge on any atom is -0.366 e. The van der Waals surface area contributed by atoms with Crippen molar-refractivity contribution >= 4 is 33.1 Å². The molecule has 0 fully saturated rings. The summed E-state index contributed by atoms with van der Waals surface area (Å²) in [5.41, 5.74) is 5.93. The van der Waals surface area contributed by atoms with E-state index in [0.29, 0.717) is 16.6 Å². The number of carbonyl (C=O) groups is 1. The SMILES string of the molecule is CCCCc1cc2c(=O)n3cc(C(N)=O)ccc3nc2s1. The van der Waals surface area contributed by atoms with Crippen LogP contribution in [-0.4, -0.2) is 15.3 Å². The third-order valence-corrected chi connectivity index (χ3v) is 4.51. The van der Waals surface area contributed by atoms with Crippen molar-refractivity contribution in [1.82, 2.24) is 9.38 Å². The van der Waals surface area contributed by atoms with Crippen LogP contribution in [0.1, 0.15) is 35.0 Å². The molecule has 0 aliphatic rings. The van der Waals surface area contributed by atoms with E-state index >= 15 is 0 Å². The first kappa shape index (κ1) is 13.8. The van der Waals surface area contributed by atoms with Crippen molar-refractivity contribution in [3.63, 3.8) is 0 Å². The van der Waals surface area contributed by atoms with Crippen LogP contribution in [0.15, 0.2) is 29.2 Å². The third-order valence-electron chi connectivity index (χ3n) is 3.42. The Morgan fingerprint density at radius 1 is 1.43 bits per heavy atom. The molecule has 1 amide bonds. The van der Waals surface area contributed by atoms with Gasteiger partial charge in [0.15, 0.2) is 0 Å². The normalized spacial score (nSPS) is 11.3. The summed E-state index contributed by atoms with van der Waals surface area (Å²) in [6, 6.07) is 5.14. The lowest BCUT2D eigenvalue weighted by molar-refractivity contribution is 0.1000. The summed E-state index contributed by atoms with van der Waals surface area (Å²) >= 11 is 1.56. The van der Waals surface area contributed by atoms with Gasteiger partial charge in [-0.2, -0.15) is 0 Å². The van der Waals surface area contributed by atoms with E-state index in [1.54, 1.807) is 23.5 Å². The molecule has 6 heteroatoms. The number of hydrogen-bond donors (Lipinski definition) is 1. The summed E-state index contributed by atoms with van der Waals surface area (Å²) in [4.78, 5) is 30.2. The van der Waals surface area contributed by atoms with E-state index in [4.69, 9.17) is 5.73 Å². The van der Waals surface area contributed by atoms with Gasteiger partial charge in [-0.1, -0.05) is 13.3 Å². The molecule has 5 nitrogen and oxygen atoms in total. The smallest absolute Gasteiger partial charge is 0.266 e. The topological polar surface area (TPSA) is 77.5 Å². The zero-order valence-electron chi connectivity index (χ0n) is 11.6. The summed E-state index contributed by atoms with van der Waals surface area (Å²) in [6.07, 6.45) is 4.63. The number of aryl methyl sites for hydroxylation is 1. The number of rotatable bonds is 4. The highest BCUT2D eigenvalue weighted by atomic mass is 32.1. The second-order valence-corrected chi connectivity index (χ2v) is 6.08. The van der Waals surface area contributed by atoms with Crippen molar-refractivity contribution in [3.05, 3.63) is 45.2 Å². The zero-order valence-corrected chi connectivity index (χ0v) is 12.4. The van der Waals surface area contributed by atoms with Crippen LogP contribution in [0.3, 0.4) is 0 Å². The van der Waals surface area contributed by atoms with Gasteiger partial charge < -0.3 is 5.73 Å². The van der Waals surface area contributed by atoms with Crippen molar-refractivity contribution < 1.29 is 4.79 Å². The van der Waals surface area contributed by atoms with Gasteiger partial charge in [-0.25, -0.2) is 4.98 Å². The Morgan fingerprint density at radius 2 is 2.24 bits per heavy atom. The van der Waals surface area contributed by atoms with Crippen molar-refractivity contribution in [2.45, 2.75) is 26.2 Å². The summed E-state index contributed by atoms with van der Waals surface area (Å²) in [6.45, 7) is 2.14. The quantitative estimate of drug-likeness (QED) is 0.803. The standard InChI is InChI=1S/C15H15N3O2S/c1-2-3-4-10-7-11-14(21-10)17-12-6-5-9(13(16)19)8-18(12)15(11)20/h5-8H,2-4H2,1H3,(H2,16,19). The van der Waals surface area contributed by atoms with Gasteiger partial charge in [-0.15, -0.1) is 11.3 Å². The molecule has 0 unspecified atom stereocenters. The van der Waals surface area contributed by atoms with Crippen LogP contribution >= 0.6 is 11.3 Å². The van der Waals surface area contributed by atoms with Crippen LogP contribution in [0.25, 0.3) is 15.9 Å². The predicted molar refractivity (Wildman–Crippen MR) is 84.0 cm³/mol. The molecule has 0 saturated carbocycles. The third kappa shape index (κ3) is 2.42. The molecule has 3 aromatic heterocycles. The summed E-state index contributed by atoms with van der Waals surface area (Å²) in [7, 11) is 0. The van der Waals surface area contributed by atoms with Crippen LogP contribution in [0.2, 0.25) is 0 Å². The molecule has 2 N–H and O–H groups in total. The van der Waals surface area contributed by atoms with E-state index in [0.717, 1.165) is 24.1 Å². The van der Waals surface area contributed by atoms with Gasteiger partial charge in [0.1, 0.15) is 10.5 Å². The van der Waals surface area contributed by atoms with Crippen molar-refractivity contribution in [3.8, 4) is 0 Å². The highest BCUT2D eigenvalue weighted by Gasteiger charge is 2.11. The lowest BCUT2D eigenvalue weighted by Gasteiger charge is -2.02. The molecule has 3 rings (SSSR count). The molecule has 0 saturated heterocycles. The molecule has 0 bridgehead atoms. The number of hydrogen-bond acceptors (Lipinski definition) is 4. The number of nitrogens with two attached hydrogens (primary N) is 1. The number of unbranched alkanes of at least 4 members (excludes halogenated alkanes) is 1. The summed E-state index contributed by atoms with van der Waals surface area (Å²) in [5, 5.41) is 0.602. The number of thiophene rings is 1. The fourth-order valence-electron chi connectivity index (χ4n) is 2.27. The molecular formula is C15H15N3O2S. The number of pyridine rings is 1. The van der Waals surface area contributed by atoms with Gasteiger partial charge in [-0.3, -0.25) is 14.0 Å². The van der Waals surface area contributed by atoms with Gasteiger partial charge >= 0.3 is 0 Å². The Hall–Kier alpha value is -2.21. The second kappa shape index (κ2) is 5.29. The Bertz CT molecular complexity index is 895. The second-order valence-electron chi connectivity index (χ2n) is 4.96. The monoisotopic (exact) mass is 301 g/mol. The lowest BCUT2D eigenvalue weighted by atomic mass is 10.2. The first-order valence-electron chi connectivity index (χ1n) is 6.85. The summed E-state index contributed by atoms with van der Waals surface area (Å²) < 4.78 is 1.39. The van der Waals surface area contributed by atoms with Crippen LogP contribution in [0.5, 0.6) is 0 Å². The number of amides is 1. The molecule has 21 heavy (non-hydrogen) atoms. The fourth-order valence-corrected chi connectivity index (χ4v) is 3.33. The van der Waals surface area contributed by atoms with Crippen LogP contribution in [-0.2, 0) is 6.42 Å². The van der Waals surface area contributed by atoms with E-state index in [1.807, 2.05) is 6.07 Å². The molecular weight excluding hydrogens is 286 g/mol. The molecule has 108 valence electrons. The molecule has 0 atom stereocenters. The lowest BCUT2D eigenvalue weighted by Crippen LogP contribution is -2.18. The molecule has 0 aromatic carbocycles. The maximum atomic E-state index is 12.5. The fraction of sp³-hybridized carbons (Fsp3) is 0.267. The number of aromatic nitrogens is 2. The average molecular weight is 301 g/mol. The maximum absolute atomic E-state index is 12.5. The van der Waals surface area contributed by atoms with Crippen molar-refractivity contribution in [2.24, 2.45) is 5.73 Å². The minimum atomic E-state index is -0.558. The Morgan fingerprint density at radius 3 is 2.95 bits per heavy atom. The summed E-state index contributed by atoms with van der Waals surface area (Å²) in [5.74, 6) is -0.558. The van der Waals surface area contributed by atoms with E-state index in [9.17, 15) is 9.59 Å². The van der Waals surface area contributed by atoms with Gasteiger partial charge in [0.25, 0.3) is 5.56 Å². The molecule has 0 aliphatic heterocycles. The average Bonchev–Trinajstić information content (AvgIpc) is 2.88. The van der Waals surface area contributed by atoms with Crippen molar-refractivity contribution in [2.75, 3.05) is 0 Å². The Balaban J connectivity index is 2.22. The first-order valence-corrected chi connectivity index (χ1v) is 7.66. The maximum Gasteiger partial charge on any atom is 0.266 e. The van der Waals surface area contributed by atoms with Gasteiger partial charge in [-0.05, 0) is 31.0 Å². The van der Waals surface area contributed by atoms with Crippen LogP contribution < -0.4 is 11.3 Å². The van der Waals surface area contributed by atoms with Gasteiger partial charge in [0.05, 0.1) is 10.9 Å². The first-order chi connectivity index (χ1) is 10.1. The number of nitrogens with zero attached hydrogens (tertiary/aromatic N) is 2. The van der Waals surface area contributed by atoms with Crippen molar-refractivity contribution in [1.29, 1.82) is 0 Å². The molecule has 0 radical (unpaired) electrons. The molecule has 3 aromatic rings. The molecule has 3 heterocycles. The zero-order chi connectivity index (χ0) is 15.0. The van der Waals surface area contributed by atoms with Gasteiger partial charge in [0, 0.05) is 11.1 Å². The predicted octanol–water partition coefficient (Wildman–Crippen LogP) is 2.35. The number of primary amides is 1. The van der Waals surface area contributed by atoms with Crippen LogP contribution in [0.4, 0.5) is 0 Å². The largest absolute Gasteiger partial charge is 0.366 e. The van der Waals surface area contributed by atoms with E-state index in [-0.39, 0.29) is 5.56 Å². The number of carbonyl (C=O) groups excluding carboxylic acids is 1. The molecule has 0 spiro atoms. The number of fused-ring (bicyclic) bond motifs is 2.